The number of hydrogen-bond acceptors (Lipinski definition) is 3. The van der Waals surface area contributed by atoms with Crippen LogP contribution in [0.4, 0.5) is 5.82 Å². The van der Waals surface area contributed by atoms with E-state index in [9.17, 15) is 0 Å². The molecule has 2 fully saturated rings. The fourth-order valence-corrected chi connectivity index (χ4v) is 3.75. The lowest BCUT2D eigenvalue weighted by atomic mass is 9.95. The Labute approximate surface area is 106 Å². The second-order valence-corrected chi connectivity index (χ2v) is 5.82. The van der Waals surface area contributed by atoms with Gasteiger partial charge in [0.2, 0.25) is 0 Å². The Bertz CT molecular complexity index is 588. The average molecular weight is 242 g/mol. The Morgan fingerprint density at radius 1 is 1.33 bits per heavy atom. The van der Waals surface area contributed by atoms with E-state index in [1.54, 1.807) is 0 Å². The van der Waals surface area contributed by atoms with E-state index in [1.165, 1.54) is 25.7 Å². The quantitative estimate of drug-likeness (QED) is 0.880. The molecule has 2 heterocycles. The smallest absolute Gasteiger partial charge is 0.152 e. The topological polar surface area (TPSA) is 42.2 Å². The van der Waals surface area contributed by atoms with Gasteiger partial charge >= 0.3 is 0 Å². The molecule has 3 unspecified atom stereocenters. The number of aromatic nitrogens is 3. The molecule has 94 valence electrons. The molecule has 18 heavy (non-hydrogen) atoms. The van der Waals surface area contributed by atoms with Gasteiger partial charge in [-0.1, -0.05) is 6.42 Å². The van der Waals surface area contributed by atoms with Crippen LogP contribution in [0.3, 0.4) is 0 Å². The maximum atomic E-state index is 4.50. The molecule has 0 saturated heterocycles. The van der Waals surface area contributed by atoms with Crippen LogP contribution in [0.25, 0.3) is 5.52 Å². The van der Waals surface area contributed by atoms with E-state index < -0.39 is 0 Å². The average Bonchev–Trinajstić information content (AvgIpc) is 3.02. The van der Waals surface area contributed by atoms with Crippen molar-refractivity contribution in [1.82, 2.24) is 14.6 Å². The molecule has 2 saturated carbocycles. The lowest BCUT2D eigenvalue weighted by Crippen LogP contribution is -2.26. The number of fused-ring (bicyclic) bond motifs is 3. The van der Waals surface area contributed by atoms with Crippen LogP contribution in [-0.2, 0) is 0 Å². The third-order valence-electron chi connectivity index (χ3n) is 4.57. The Morgan fingerprint density at radius 2 is 2.28 bits per heavy atom. The van der Waals surface area contributed by atoms with Crippen molar-refractivity contribution < 1.29 is 0 Å². The molecule has 4 heteroatoms. The summed E-state index contributed by atoms with van der Waals surface area (Å²) in [7, 11) is 0. The van der Waals surface area contributed by atoms with E-state index in [0.717, 1.165) is 28.9 Å². The summed E-state index contributed by atoms with van der Waals surface area (Å²) in [6, 6.07) is 2.72. The molecule has 2 aromatic heterocycles. The predicted octanol–water partition coefficient (Wildman–Crippen LogP) is 2.64. The highest BCUT2D eigenvalue weighted by Gasteiger charge is 2.39. The Kier molecular flexibility index (Phi) is 2.13. The van der Waals surface area contributed by atoms with Gasteiger partial charge in [-0.3, -0.25) is 0 Å². The number of nitrogens with zero attached hydrogens (tertiary/aromatic N) is 3. The Balaban J connectivity index is 1.66. The first kappa shape index (κ1) is 10.4. The van der Waals surface area contributed by atoms with Crippen LogP contribution in [0.2, 0.25) is 0 Å². The molecular weight excluding hydrogens is 224 g/mol. The van der Waals surface area contributed by atoms with Crippen LogP contribution < -0.4 is 5.32 Å². The van der Waals surface area contributed by atoms with E-state index in [1.807, 2.05) is 23.8 Å². The zero-order valence-corrected chi connectivity index (χ0v) is 10.6. The van der Waals surface area contributed by atoms with Gasteiger partial charge in [0.05, 0.1) is 5.69 Å². The van der Waals surface area contributed by atoms with Gasteiger partial charge in [-0.2, -0.15) is 5.10 Å². The largest absolute Gasteiger partial charge is 0.365 e. The van der Waals surface area contributed by atoms with Gasteiger partial charge in [0.1, 0.15) is 5.52 Å². The Hall–Kier alpha value is -1.58. The van der Waals surface area contributed by atoms with Crippen molar-refractivity contribution >= 4 is 11.3 Å². The van der Waals surface area contributed by atoms with Gasteiger partial charge in [0.15, 0.2) is 5.82 Å². The third-order valence-corrected chi connectivity index (χ3v) is 4.57. The monoisotopic (exact) mass is 242 g/mol. The first-order chi connectivity index (χ1) is 8.79. The molecular formula is C14H18N4. The molecule has 0 amide bonds. The summed E-state index contributed by atoms with van der Waals surface area (Å²) >= 11 is 0. The number of anilines is 1. The van der Waals surface area contributed by atoms with Crippen LogP contribution in [0.15, 0.2) is 18.5 Å². The number of hydrogen-bond donors (Lipinski definition) is 1. The fourth-order valence-electron chi connectivity index (χ4n) is 3.75. The van der Waals surface area contributed by atoms with Crippen LogP contribution in [-0.4, -0.2) is 20.6 Å². The van der Waals surface area contributed by atoms with E-state index in [2.05, 4.69) is 21.5 Å². The van der Waals surface area contributed by atoms with Crippen molar-refractivity contribution in [2.75, 3.05) is 5.32 Å². The highest BCUT2D eigenvalue weighted by Crippen LogP contribution is 2.45. The van der Waals surface area contributed by atoms with Crippen molar-refractivity contribution in [1.29, 1.82) is 0 Å². The minimum Gasteiger partial charge on any atom is -0.365 e. The summed E-state index contributed by atoms with van der Waals surface area (Å²) in [5.74, 6) is 2.82. The molecule has 0 aromatic carbocycles. The lowest BCUT2D eigenvalue weighted by molar-refractivity contribution is 0.439. The fraction of sp³-hybridized carbons (Fsp3) is 0.571. The molecule has 4 nitrogen and oxygen atoms in total. The Morgan fingerprint density at radius 3 is 3.06 bits per heavy atom. The molecule has 3 atom stereocenters. The minimum atomic E-state index is 0.623. The van der Waals surface area contributed by atoms with Gasteiger partial charge < -0.3 is 5.32 Å². The lowest BCUT2D eigenvalue weighted by Gasteiger charge is -2.23. The zero-order valence-electron chi connectivity index (χ0n) is 10.6. The number of rotatable bonds is 2. The summed E-state index contributed by atoms with van der Waals surface area (Å²) in [6.07, 6.45) is 9.30. The van der Waals surface area contributed by atoms with E-state index in [-0.39, 0.29) is 0 Å². The van der Waals surface area contributed by atoms with E-state index >= 15 is 0 Å². The van der Waals surface area contributed by atoms with Crippen molar-refractivity contribution in [3.8, 4) is 0 Å². The first-order valence-corrected chi connectivity index (χ1v) is 6.87. The first-order valence-electron chi connectivity index (χ1n) is 6.87. The molecule has 4 rings (SSSR count). The molecule has 0 aliphatic heterocycles. The third kappa shape index (κ3) is 1.51. The minimum absolute atomic E-state index is 0.623. The molecule has 2 bridgehead atoms. The standard InChI is InChI=1S/C14H18N4/c1-9-6-13-14(15-4-5-18(13)17-9)16-12-8-10-2-3-11(12)7-10/h4-6,10-12H,2-3,7-8H2,1H3,(H,15,16). The second kappa shape index (κ2) is 3.70. The molecule has 2 aromatic rings. The van der Waals surface area contributed by atoms with Gasteiger partial charge in [-0.15, -0.1) is 0 Å². The van der Waals surface area contributed by atoms with Crippen molar-refractivity contribution in [3.63, 3.8) is 0 Å². The van der Waals surface area contributed by atoms with Gasteiger partial charge in [0, 0.05) is 18.4 Å². The van der Waals surface area contributed by atoms with Crippen molar-refractivity contribution in [2.24, 2.45) is 11.8 Å². The SMILES string of the molecule is Cc1cc2c(NC3CC4CCC3C4)nccn2n1. The molecule has 2 aliphatic carbocycles. The summed E-state index contributed by atoms with van der Waals surface area (Å²) in [6.45, 7) is 2.02. The summed E-state index contributed by atoms with van der Waals surface area (Å²) in [5.41, 5.74) is 2.14. The molecule has 0 spiro atoms. The molecule has 0 radical (unpaired) electrons. The highest BCUT2D eigenvalue weighted by molar-refractivity contribution is 5.68. The highest BCUT2D eigenvalue weighted by atomic mass is 15.2. The van der Waals surface area contributed by atoms with Crippen molar-refractivity contribution in [3.05, 3.63) is 24.2 Å². The summed E-state index contributed by atoms with van der Waals surface area (Å²) < 4.78 is 1.91. The van der Waals surface area contributed by atoms with Crippen molar-refractivity contribution in [2.45, 2.75) is 38.6 Å². The predicted molar refractivity (Wildman–Crippen MR) is 70.6 cm³/mol. The van der Waals surface area contributed by atoms with Gasteiger partial charge in [-0.05, 0) is 44.1 Å². The maximum Gasteiger partial charge on any atom is 0.152 e. The van der Waals surface area contributed by atoms with E-state index in [0.29, 0.717) is 6.04 Å². The second-order valence-electron chi connectivity index (χ2n) is 5.82. The van der Waals surface area contributed by atoms with E-state index in [4.69, 9.17) is 0 Å². The van der Waals surface area contributed by atoms with Gasteiger partial charge in [0.25, 0.3) is 0 Å². The van der Waals surface area contributed by atoms with Crippen LogP contribution in [0.1, 0.15) is 31.4 Å². The molecule has 2 aliphatic rings. The summed E-state index contributed by atoms with van der Waals surface area (Å²) in [4.78, 5) is 4.50. The number of nitrogens with one attached hydrogen (secondary N) is 1. The summed E-state index contributed by atoms with van der Waals surface area (Å²) in [5, 5.41) is 8.09. The molecule has 1 N–H and O–H groups in total. The maximum absolute atomic E-state index is 4.50. The van der Waals surface area contributed by atoms with Crippen LogP contribution in [0, 0.1) is 18.8 Å². The van der Waals surface area contributed by atoms with Crippen LogP contribution in [0.5, 0.6) is 0 Å². The van der Waals surface area contributed by atoms with Crippen LogP contribution >= 0.6 is 0 Å². The number of aryl methyl sites for hydroxylation is 1. The normalized spacial score (nSPS) is 30.2. The van der Waals surface area contributed by atoms with Gasteiger partial charge in [-0.25, -0.2) is 9.50 Å². The zero-order chi connectivity index (χ0) is 12.1.